The first-order valence-corrected chi connectivity index (χ1v) is 16.5. The molecule has 3 N–H and O–H groups in total. The smallest absolute Gasteiger partial charge is 0.408 e. The molecule has 11 nitrogen and oxygen atoms in total. The summed E-state index contributed by atoms with van der Waals surface area (Å²) in [6, 6.07) is 18.9. The van der Waals surface area contributed by atoms with Crippen molar-refractivity contribution in [3.63, 3.8) is 0 Å². The zero-order valence-corrected chi connectivity index (χ0v) is 30.1. The summed E-state index contributed by atoms with van der Waals surface area (Å²) in [7, 11) is 0. The van der Waals surface area contributed by atoms with Gasteiger partial charge in [-0.05, 0) is 89.8 Å². The third-order valence-electron chi connectivity index (χ3n) is 7.47. The molecule has 0 aliphatic rings. The van der Waals surface area contributed by atoms with Crippen LogP contribution in [0.5, 0.6) is 5.75 Å². The summed E-state index contributed by atoms with van der Waals surface area (Å²) in [5.41, 5.74) is 1.54. The molecule has 3 aromatic rings. The number of carbonyl (C=O) groups excluding carboxylic acids is 4. The third kappa shape index (κ3) is 11.9. The average Bonchev–Trinajstić information content (AvgIpc) is 3.01. The number of carbonyl (C=O) groups is 4. The second kappa shape index (κ2) is 16.8. The monoisotopic (exact) mass is 684 g/mol. The normalized spacial score (nSPS) is 13.2. The molecule has 0 spiro atoms. The number of nitrogens with one attached hydrogen (secondary N) is 2. The van der Waals surface area contributed by atoms with E-state index in [0.717, 1.165) is 16.0 Å². The van der Waals surface area contributed by atoms with Crippen molar-refractivity contribution in [2.45, 2.75) is 97.6 Å². The largest absolute Gasteiger partial charge is 0.508 e. The quantitative estimate of drug-likeness (QED) is 0.164. The van der Waals surface area contributed by atoms with Crippen molar-refractivity contribution < 1.29 is 33.8 Å². The Morgan fingerprint density at radius 1 is 0.800 bits per heavy atom. The lowest BCUT2D eigenvalue weighted by Gasteiger charge is -2.34. The maximum atomic E-state index is 14.6. The van der Waals surface area contributed by atoms with Gasteiger partial charge in [-0.2, -0.15) is 5.26 Å². The summed E-state index contributed by atoms with van der Waals surface area (Å²) in [5.74, 6) is -2.09. The number of nitrogens with zero attached hydrogens (tertiary/aromatic N) is 2. The van der Waals surface area contributed by atoms with Gasteiger partial charge in [0.1, 0.15) is 41.6 Å². The van der Waals surface area contributed by atoms with Crippen LogP contribution in [0, 0.1) is 25.2 Å². The molecule has 50 heavy (non-hydrogen) atoms. The lowest BCUT2D eigenvalue weighted by molar-refractivity contribution is -0.159. The average molecular weight is 685 g/mol. The molecule has 0 aliphatic heterocycles. The molecule has 0 aromatic heterocycles. The number of alkyl carbamates (subject to hydrolysis) is 1. The number of benzene rings is 3. The fourth-order valence-electron chi connectivity index (χ4n) is 5.26. The van der Waals surface area contributed by atoms with E-state index in [9.17, 15) is 29.5 Å². The van der Waals surface area contributed by atoms with Crippen molar-refractivity contribution >= 4 is 23.9 Å². The van der Waals surface area contributed by atoms with E-state index >= 15 is 0 Å². The number of esters is 1. The van der Waals surface area contributed by atoms with Crippen LogP contribution in [0.4, 0.5) is 4.79 Å². The molecule has 3 amide bonds. The molecule has 0 saturated heterocycles. The van der Waals surface area contributed by atoms with Gasteiger partial charge in [0.25, 0.3) is 0 Å². The number of hydrogen-bond acceptors (Lipinski definition) is 8. The fraction of sp³-hybridized carbons (Fsp3) is 0.410. The summed E-state index contributed by atoms with van der Waals surface area (Å²) < 4.78 is 11.1. The topological polar surface area (TPSA) is 158 Å². The molecule has 3 rings (SSSR count). The predicted molar refractivity (Wildman–Crippen MR) is 189 cm³/mol. The van der Waals surface area contributed by atoms with Crippen LogP contribution in [0.2, 0.25) is 0 Å². The van der Waals surface area contributed by atoms with Crippen LogP contribution < -0.4 is 10.6 Å². The number of phenolic OH excluding ortho intramolecular Hbond substituents is 1. The van der Waals surface area contributed by atoms with Gasteiger partial charge in [-0.25, -0.2) is 9.59 Å². The van der Waals surface area contributed by atoms with Crippen LogP contribution >= 0.6 is 0 Å². The first kappa shape index (κ1) is 39.1. The van der Waals surface area contributed by atoms with Crippen LogP contribution in [-0.2, 0) is 36.7 Å². The van der Waals surface area contributed by atoms with Gasteiger partial charge in [-0.3, -0.25) is 9.59 Å². The number of hydrogen-bond donors (Lipinski definition) is 3. The Morgan fingerprint density at radius 2 is 1.38 bits per heavy atom. The number of aryl methyl sites for hydroxylation is 2. The highest BCUT2D eigenvalue weighted by atomic mass is 16.6. The first-order valence-electron chi connectivity index (χ1n) is 16.5. The molecule has 3 atom stereocenters. The Morgan fingerprint density at radius 3 is 1.96 bits per heavy atom. The number of nitriles is 1. The molecule has 0 radical (unpaired) electrons. The molecule has 0 fully saturated rings. The minimum absolute atomic E-state index is 0.0181. The van der Waals surface area contributed by atoms with E-state index in [-0.39, 0.29) is 18.6 Å². The van der Waals surface area contributed by atoms with Crippen molar-refractivity contribution in [3.05, 3.63) is 101 Å². The van der Waals surface area contributed by atoms with Gasteiger partial charge in [0.2, 0.25) is 11.8 Å². The van der Waals surface area contributed by atoms with E-state index in [0.29, 0.717) is 16.7 Å². The van der Waals surface area contributed by atoms with E-state index < -0.39 is 59.7 Å². The van der Waals surface area contributed by atoms with Gasteiger partial charge in [0, 0.05) is 12.8 Å². The zero-order chi connectivity index (χ0) is 37.2. The molecular weight excluding hydrogens is 636 g/mol. The van der Waals surface area contributed by atoms with Gasteiger partial charge in [-0.1, -0.05) is 66.2 Å². The third-order valence-corrected chi connectivity index (χ3v) is 7.47. The van der Waals surface area contributed by atoms with Crippen LogP contribution in [-0.4, -0.2) is 63.7 Å². The fourth-order valence-corrected chi connectivity index (χ4v) is 5.26. The summed E-state index contributed by atoms with van der Waals surface area (Å²) in [6.45, 7) is 13.3. The van der Waals surface area contributed by atoms with E-state index in [1.807, 2.05) is 55.5 Å². The number of aromatic hydroxyl groups is 1. The number of rotatable bonds is 12. The standard InChI is InChI=1S/C39H48N4O7/c1-25-14-15-26(2)30(22-25)33(34(45)41-32(36(47)49-38(3,4)5)24-27-12-10-9-11-13-27)43(21-20-40)35(46)31(42-37(48)50-39(6,7)8)23-28-16-18-29(44)19-17-28/h9-19,22,31-33,44H,21,23-24H2,1-8H3,(H,41,45)(H,42,48). The van der Waals surface area contributed by atoms with Crippen LogP contribution in [0.3, 0.4) is 0 Å². The van der Waals surface area contributed by atoms with Crippen molar-refractivity contribution in [1.29, 1.82) is 5.26 Å². The van der Waals surface area contributed by atoms with Gasteiger partial charge in [0.15, 0.2) is 0 Å². The SMILES string of the molecule is Cc1ccc(C)c(C(C(=O)NC(Cc2ccccc2)C(=O)OC(C)(C)C)N(CC#N)C(=O)C(Cc2ccc(O)cc2)NC(=O)OC(C)(C)C)c1. The summed E-state index contributed by atoms with van der Waals surface area (Å²) in [6.07, 6.45) is -0.806. The Labute approximate surface area is 294 Å². The highest BCUT2D eigenvalue weighted by molar-refractivity contribution is 5.94. The summed E-state index contributed by atoms with van der Waals surface area (Å²) >= 11 is 0. The number of ether oxygens (including phenoxy) is 2. The lowest BCUT2D eigenvalue weighted by atomic mass is 9.95. The minimum Gasteiger partial charge on any atom is -0.508 e. The summed E-state index contributed by atoms with van der Waals surface area (Å²) in [4.78, 5) is 56.8. The highest BCUT2D eigenvalue weighted by Crippen LogP contribution is 2.28. The van der Waals surface area contributed by atoms with E-state index in [2.05, 4.69) is 10.6 Å². The molecular formula is C39H48N4O7. The van der Waals surface area contributed by atoms with Gasteiger partial charge >= 0.3 is 12.1 Å². The summed E-state index contributed by atoms with van der Waals surface area (Å²) in [5, 5.41) is 25.3. The van der Waals surface area contributed by atoms with Crippen molar-refractivity contribution in [1.82, 2.24) is 15.5 Å². The molecule has 0 aliphatic carbocycles. The second-order valence-corrected chi connectivity index (χ2v) is 14.2. The Bertz CT molecular complexity index is 1690. The maximum Gasteiger partial charge on any atom is 0.408 e. The molecule has 3 unspecified atom stereocenters. The maximum absolute atomic E-state index is 14.6. The van der Waals surface area contributed by atoms with Crippen LogP contribution in [0.25, 0.3) is 0 Å². The van der Waals surface area contributed by atoms with Gasteiger partial charge in [-0.15, -0.1) is 0 Å². The Balaban J connectivity index is 2.13. The van der Waals surface area contributed by atoms with Crippen LogP contribution in [0.1, 0.15) is 75.4 Å². The molecule has 0 bridgehead atoms. The second-order valence-electron chi connectivity index (χ2n) is 14.2. The van der Waals surface area contributed by atoms with Crippen molar-refractivity contribution in [3.8, 4) is 11.8 Å². The van der Waals surface area contributed by atoms with E-state index in [4.69, 9.17) is 9.47 Å². The number of phenols is 1. The molecule has 266 valence electrons. The number of amides is 3. The lowest BCUT2D eigenvalue weighted by Crippen LogP contribution is -2.55. The Kier molecular flexibility index (Phi) is 13.2. The molecule has 3 aromatic carbocycles. The van der Waals surface area contributed by atoms with Gasteiger partial charge in [0.05, 0.1) is 6.07 Å². The first-order chi connectivity index (χ1) is 23.4. The zero-order valence-electron chi connectivity index (χ0n) is 30.1. The molecule has 0 saturated carbocycles. The van der Waals surface area contributed by atoms with E-state index in [1.54, 1.807) is 66.7 Å². The van der Waals surface area contributed by atoms with E-state index in [1.165, 1.54) is 12.1 Å². The minimum atomic E-state index is -1.38. The van der Waals surface area contributed by atoms with Crippen molar-refractivity contribution in [2.75, 3.05) is 6.54 Å². The van der Waals surface area contributed by atoms with Crippen molar-refractivity contribution in [2.24, 2.45) is 0 Å². The molecule has 11 heteroatoms. The Hall–Kier alpha value is -5.37. The van der Waals surface area contributed by atoms with Gasteiger partial charge < -0.3 is 30.1 Å². The predicted octanol–water partition coefficient (Wildman–Crippen LogP) is 5.61. The molecule has 0 heterocycles. The highest BCUT2D eigenvalue weighted by Gasteiger charge is 2.39. The van der Waals surface area contributed by atoms with Crippen LogP contribution in [0.15, 0.2) is 72.8 Å².